The third kappa shape index (κ3) is 11.5. The zero-order valence-electron chi connectivity index (χ0n) is 21.5. The lowest BCUT2D eigenvalue weighted by Crippen LogP contribution is -2.26. The van der Waals surface area contributed by atoms with Crippen molar-refractivity contribution < 1.29 is 28.2 Å². The quantitative estimate of drug-likeness (QED) is 0.287. The molecule has 0 bridgehead atoms. The maximum atomic E-state index is 12.5. The highest BCUT2D eigenvalue weighted by Gasteiger charge is 2.19. The number of allylic oxidation sites excluding steroid dienone is 2. The van der Waals surface area contributed by atoms with Crippen molar-refractivity contribution >= 4 is 30.8 Å². The van der Waals surface area contributed by atoms with E-state index in [0.29, 0.717) is 16.7 Å². The molecule has 0 fully saturated rings. The maximum Gasteiger partial charge on any atom is 0.341 e. The van der Waals surface area contributed by atoms with Crippen LogP contribution >= 0.6 is 9.24 Å². The van der Waals surface area contributed by atoms with E-state index in [9.17, 15) is 18.3 Å². The fraction of sp³-hybridized carbons (Fsp3) is 0.308. The van der Waals surface area contributed by atoms with Gasteiger partial charge in [-0.25, -0.2) is 17.9 Å². The van der Waals surface area contributed by atoms with Gasteiger partial charge in [0.2, 0.25) is 10.0 Å². The Balaban J connectivity index is 0. The number of sulfonamides is 1. The Labute approximate surface area is 217 Å². The SMILES string of the molecule is C=CC(=C)c1ccc(CCNS(=O)(=O)c2cc(C#N)ccc2O)c(OCC(=O)O)c1.CC.CC.CP. The average Bonchev–Trinajstić information content (AvgIpc) is 2.91. The summed E-state index contributed by atoms with van der Waals surface area (Å²) in [7, 11) is -1.65. The van der Waals surface area contributed by atoms with Crippen molar-refractivity contribution in [3.63, 3.8) is 0 Å². The van der Waals surface area contributed by atoms with E-state index < -0.39 is 33.2 Å². The minimum absolute atomic E-state index is 0.0518. The first-order valence-corrected chi connectivity index (χ1v) is 13.9. The van der Waals surface area contributed by atoms with Gasteiger partial charge in [-0.1, -0.05) is 65.7 Å². The Hall–Kier alpha value is -3.18. The van der Waals surface area contributed by atoms with E-state index in [-0.39, 0.29) is 24.3 Å². The van der Waals surface area contributed by atoms with Crippen molar-refractivity contribution in [1.29, 1.82) is 5.26 Å². The smallest absolute Gasteiger partial charge is 0.341 e. The van der Waals surface area contributed by atoms with E-state index in [4.69, 9.17) is 15.1 Å². The number of carboxylic acid groups (broad SMARTS) is 1. The molecule has 8 nitrogen and oxygen atoms in total. The maximum absolute atomic E-state index is 12.5. The van der Waals surface area contributed by atoms with Gasteiger partial charge in [0.15, 0.2) is 6.61 Å². The highest BCUT2D eigenvalue weighted by atomic mass is 32.2. The van der Waals surface area contributed by atoms with Crippen LogP contribution in [0.5, 0.6) is 11.5 Å². The number of aromatic hydroxyl groups is 1. The number of aliphatic carboxylic acids is 1. The molecule has 2 aromatic rings. The van der Waals surface area contributed by atoms with Gasteiger partial charge < -0.3 is 14.9 Å². The van der Waals surface area contributed by atoms with Crippen molar-refractivity contribution in [2.75, 3.05) is 19.8 Å². The lowest BCUT2D eigenvalue weighted by atomic mass is 10.0. The van der Waals surface area contributed by atoms with Crippen molar-refractivity contribution in [3.8, 4) is 17.6 Å². The topological polar surface area (TPSA) is 137 Å². The fourth-order valence-electron chi connectivity index (χ4n) is 2.55. The van der Waals surface area contributed by atoms with Crippen LogP contribution in [0, 0.1) is 11.3 Å². The molecule has 10 heteroatoms. The second kappa shape index (κ2) is 19.1. The Kier molecular flexibility index (Phi) is 18.5. The Morgan fingerprint density at radius 1 is 1.17 bits per heavy atom. The van der Waals surface area contributed by atoms with Crippen LogP contribution in [0.3, 0.4) is 0 Å². The van der Waals surface area contributed by atoms with Crippen LogP contribution < -0.4 is 9.46 Å². The average molecular weight is 537 g/mol. The van der Waals surface area contributed by atoms with Gasteiger partial charge in [-0.15, -0.1) is 9.24 Å². The molecule has 198 valence electrons. The minimum Gasteiger partial charge on any atom is -0.507 e. The summed E-state index contributed by atoms with van der Waals surface area (Å²) in [6.07, 6.45) is 1.74. The van der Waals surface area contributed by atoms with Crippen molar-refractivity contribution in [1.82, 2.24) is 4.72 Å². The number of rotatable bonds is 10. The summed E-state index contributed by atoms with van der Waals surface area (Å²) in [4.78, 5) is 10.4. The molecule has 0 saturated heterocycles. The number of hydrogen-bond donors (Lipinski definition) is 3. The summed E-state index contributed by atoms with van der Waals surface area (Å²) in [5.41, 5.74) is 1.98. The molecule has 0 aliphatic heterocycles. The van der Waals surface area contributed by atoms with E-state index >= 15 is 0 Å². The van der Waals surface area contributed by atoms with Crippen LogP contribution in [-0.2, 0) is 21.2 Å². The number of hydrogen-bond acceptors (Lipinski definition) is 6. The third-order valence-electron chi connectivity index (χ3n) is 4.10. The lowest BCUT2D eigenvalue weighted by molar-refractivity contribution is -0.139. The number of phenols is 1. The number of benzene rings is 2. The predicted octanol–water partition coefficient (Wildman–Crippen LogP) is 4.99. The van der Waals surface area contributed by atoms with E-state index in [1.165, 1.54) is 6.07 Å². The van der Waals surface area contributed by atoms with Crippen LogP contribution in [0.4, 0.5) is 0 Å². The number of nitrogens with zero attached hydrogens (tertiary/aromatic N) is 1. The first-order chi connectivity index (χ1) is 17.2. The normalized spacial score (nSPS) is 9.47. The summed E-state index contributed by atoms with van der Waals surface area (Å²) in [6, 6.07) is 10.4. The molecule has 0 spiro atoms. The standard InChI is InChI=1S/C21H20N2O6S.2C2H6.CH5P/c1-3-14(2)17-6-5-16(19(11-17)29-13-21(25)26)8-9-23-30(27,28)20-10-15(12-22)4-7-18(20)24;3*1-2/h3-7,10-11,23-24H,1-2,8-9,13H2,(H,25,26);2*1-2H3;2H2,1H3. The van der Waals surface area contributed by atoms with Crippen LogP contribution in [-0.4, -0.2) is 44.4 Å². The van der Waals surface area contributed by atoms with Crippen molar-refractivity contribution in [2.24, 2.45) is 0 Å². The minimum atomic E-state index is -4.07. The van der Waals surface area contributed by atoms with Gasteiger partial charge in [-0.3, -0.25) is 0 Å². The number of nitriles is 1. The number of carboxylic acids is 1. The van der Waals surface area contributed by atoms with Gasteiger partial charge in [0.05, 0.1) is 11.6 Å². The predicted molar refractivity (Wildman–Crippen MR) is 149 cm³/mol. The van der Waals surface area contributed by atoms with Gasteiger partial charge in [0.25, 0.3) is 0 Å². The molecule has 0 amide bonds. The van der Waals surface area contributed by atoms with Crippen LogP contribution in [0.15, 0.2) is 60.5 Å². The first kappa shape index (κ1) is 35.0. The molecule has 0 heterocycles. The molecule has 2 aromatic carbocycles. The van der Waals surface area contributed by atoms with Crippen LogP contribution in [0.25, 0.3) is 5.57 Å². The summed E-state index contributed by atoms with van der Waals surface area (Å²) in [5, 5.41) is 27.6. The molecule has 0 aliphatic rings. The molecule has 2 rings (SSSR count). The molecule has 3 N–H and O–H groups in total. The molecule has 1 atom stereocenters. The van der Waals surface area contributed by atoms with Gasteiger partial charge in [-0.2, -0.15) is 5.26 Å². The summed E-state index contributed by atoms with van der Waals surface area (Å²) < 4.78 is 32.6. The Morgan fingerprint density at radius 3 is 2.31 bits per heavy atom. The highest BCUT2D eigenvalue weighted by Crippen LogP contribution is 2.26. The molecule has 36 heavy (non-hydrogen) atoms. The van der Waals surface area contributed by atoms with E-state index in [0.717, 1.165) is 12.1 Å². The van der Waals surface area contributed by atoms with E-state index in [1.54, 1.807) is 24.3 Å². The zero-order valence-corrected chi connectivity index (χ0v) is 23.5. The molecular weight excluding hydrogens is 499 g/mol. The lowest BCUT2D eigenvalue weighted by Gasteiger charge is -2.13. The zero-order chi connectivity index (χ0) is 28.3. The van der Waals surface area contributed by atoms with Gasteiger partial charge in [0.1, 0.15) is 16.4 Å². The summed E-state index contributed by atoms with van der Waals surface area (Å²) in [6.45, 7) is 16.8. The molecule has 0 saturated carbocycles. The number of phenolic OH excluding ortho intramolecular Hbond substituents is 1. The van der Waals surface area contributed by atoms with Gasteiger partial charge in [-0.05, 0) is 47.4 Å². The van der Waals surface area contributed by atoms with Crippen LogP contribution in [0.1, 0.15) is 44.4 Å². The van der Waals surface area contributed by atoms with E-state index in [1.807, 2.05) is 40.4 Å². The first-order valence-electron chi connectivity index (χ1n) is 11.3. The third-order valence-corrected chi connectivity index (χ3v) is 5.59. The molecule has 0 aromatic heterocycles. The Morgan fingerprint density at radius 2 is 1.78 bits per heavy atom. The summed E-state index contributed by atoms with van der Waals surface area (Å²) >= 11 is 0. The van der Waals surface area contributed by atoms with E-state index in [2.05, 4.69) is 27.1 Å². The number of carbonyl (C=O) groups is 1. The Bertz CT molecular complexity index is 1140. The second-order valence-electron chi connectivity index (χ2n) is 6.18. The van der Waals surface area contributed by atoms with Crippen molar-refractivity contribution in [3.05, 3.63) is 72.3 Å². The van der Waals surface area contributed by atoms with Gasteiger partial charge >= 0.3 is 5.97 Å². The van der Waals surface area contributed by atoms with Crippen LogP contribution in [0.2, 0.25) is 0 Å². The van der Waals surface area contributed by atoms with Crippen molar-refractivity contribution in [2.45, 2.75) is 39.0 Å². The molecule has 0 radical (unpaired) electrons. The fourth-order valence-corrected chi connectivity index (χ4v) is 3.70. The monoisotopic (exact) mass is 536 g/mol. The number of nitrogens with one attached hydrogen (secondary N) is 1. The largest absolute Gasteiger partial charge is 0.507 e. The van der Waals surface area contributed by atoms with Gasteiger partial charge in [0, 0.05) is 6.54 Å². The molecular formula is C26H37N2O6PS. The highest BCUT2D eigenvalue weighted by molar-refractivity contribution is 7.89. The molecule has 0 aliphatic carbocycles. The number of ether oxygens (including phenoxy) is 1. The molecule has 1 unspecified atom stereocenters. The second-order valence-corrected chi connectivity index (χ2v) is 7.91. The summed E-state index contributed by atoms with van der Waals surface area (Å²) in [5.74, 6) is -1.34.